The van der Waals surface area contributed by atoms with Crippen molar-refractivity contribution >= 4 is 23.3 Å². The van der Waals surface area contributed by atoms with E-state index in [2.05, 4.69) is 38.0 Å². The molecule has 8 nitrogen and oxygen atoms in total. The number of benzene rings is 2. The second kappa shape index (κ2) is 20.1. The van der Waals surface area contributed by atoms with Gasteiger partial charge in [-0.2, -0.15) is 26.3 Å². The fraction of sp³-hybridized carbons (Fsp3) is 0.596. The number of H-pyrrole nitrogens is 1. The van der Waals surface area contributed by atoms with Crippen LogP contribution in [0.3, 0.4) is 0 Å². The first kappa shape index (κ1) is 49.2. The number of hydrogen-bond donors (Lipinski definition) is 2. The van der Waals surface area contributed by atoms with Crippen LogP contribution in [0.1, 0.15) is 140 Å². The zero-order valence-corrected chi connectivity index (χ0v) is 37.5. The SMILES string of the molecule is CCN(c1cc(C(F)(F)F)cc(C(=O)NCc2c(C)cc(C)[nH]c2=O)c1C)C1C[C@@H](C)C[C@@H](C)C1.CCN(c1cc(C(F)(F)F)cc(C(=O)OC)c1C)C1C[C@@H](C)C[C@@H](C)C1. The minimum Gasteiger partial charge on any atom is -0.465 e. The quantitative estimate of drug-likeness (QED) is 0.156. The van der Waals surface area contributed by atoms with E-state index in [1.807, 2.05) is 23.6 Å². The van der Waals surface area contributed by atoms with E-state index in [4.69, 9.17) is 4.74 Å². The Bertz CT molecular complexity index is 2060. The first-order chi connectivity index (χ1) is 28.4. The molecule has 61 heavy (non-hydrogen) atoms. The van der Waals surface area contributed by atoms with E-state index < -0.39 is 35.4 Å². The predicted molar refractivity (Wildman–Crippen MR) is 229 cm³/mol. The van der Waals surface area contributed by atoms with E-state index in [0.29, 0.717) is 76.1 Å². The second-order valence-corrected chi connectivity index (χ2v) is 17.7. The highest BCUT2D eigenvalue weighted by atomic mass is 19.4. The molecule has 0 aliphatic heterocycles. The molecule has 0 bridgehead atoms. The molecule has 2 aliphatic carbocycles. The van der Waals surface area contributed by atoms with Crippen molar-refractivity contribution in [3.8, 4) is 0 Å². The number of halogens is 6. The molecule has 0 radical (unpaired) electrons. The number of hydrogen-bond acceptors (Lipinski definition) is 6. The average molecular weight is 863 g/mol. The van der Waals surface area contributed by atoms with E-state index in [1.54, 1.807) is 33.8 Å². The van der Waals surface area contributed by atoms with Gasteiger partial charge in [-0.05, 0) is 151 Å². The average Bonchev–Trinajstić information content (AvgIpc) is 3.14. The molecule has 2 aromatic carbocycles. The lowest BCUT2D eigenvalue weighted by Crippen LogP contribution is -2.41. The van der Waals surface area contributed by atoms with E-state index >= 15 is 0 Å². The first-order valence-electron chi connectivity index (χ1n) is 21.4. The van der Waals surface area contributed by atoms with Crippen molar-refractivity contribution in [2.75, 3.05) is 30.0 Å². The molecule has 1 aromatic heterocycles. The Labute approximate surface area is 356 Å². The highest BCUT2D eigenvalue weighted by Crippen LogP contribution is 2.41. The minimum atomic E-state index is -4.59. The van der Waals surface area contributed by atoms with Gasteiger partial charge in [0, 0.05) is 59.9 Å². The number of pyridine rings is 1. The van der Waals surface area contributed by atoms with Crippen LogP contribution in [0, 0.1) is 51.4 Å². The zero-order valence-electron chi connectivity index (χ0n) is 37.5. The molecule has 2 fully saturated rings. The minimum absolute atomic E-state index is 0.0207. The van der Waals surface area contributed by atoms with Crippen LogP contribution in [-0.4, -0.2) is 49.1 Å². The maximum atomic E-state index is 13.9. The summed E-state index contributed by atoms with van der Waals surface area (Å²) < 4.78 is 86.6. The van der Waals surface area contributed by atoms with Crippen LogP contribution in [0.4, 0.5) is 37.7 Å². The summed E-state index contributed by atoms with van der Waals surface area (Å²) in [5.41, 5.74) is 1.76. The molecule has 2 unspecified atom stereocenters. The normalized spacial score (nSPS) is 21.9. The lowest BCUT2D eigenvalue weighted by Gasteiger charge is -2.41. The lowest BCUT2D eigenvalue weighted by molar-refractivity contribution is -0.138. The number of anilines is 2. The Balaban J connectivity index is 0.000000281. The first-order valence-corrected chi connectivity index (χ1v) is 21.4. The number of nitrogens with one attached hydrogen (secondary N) is 2. The van der Waals surface area contributed by atoms with Gasteiger partial charge in [-0.3, -0.25) is 9.59 Å². The third-order valence-corrected chi connectivity index (χ3v) is 12.5. The molecule has 14 heteroatoms. The third kappa shape index (κ3) is 12.1. The van der Waals surface area contributed by atoms with Crippen molar-refractivity contribution in [3.63, 3.8) is 0 Å². The van der Waals surface area contributed by atoms with Crippen LogP contribution in [0.5, 0.6) is 0 Å². The van der Waals surface area contributed by atoms with E-state index in [1.165, 1.54) is 19.2 Å². The van der Waals surface area contributed by atoms with Crippen LogP contribution in [-0.2, 0) is 23.6 Å². The molecule has 2 aliphatic rings. The molecule has 338 valence electrons. The number of aromatic nitrogens is 1. The fourth-order valence-corrected chi connectivity index (χ4v) is 9.81. The molecule has 5 rings (SSSR count). The van der Waals surface area contributed by atoms with Crippen LogP contribution in [0.25, 0.3) is 0 Å². The number of rotatable bonds is 10. The van der Waals surface area contributed by atoms with Crippen molar-refractivity contribution in [1.82, 2.24) is 10.3 Å². The van der Waals surface area contributed by atoms with Gasteiger partial charge in [-0.1, -0.05) is 27.7 Å². The van der Waals surface area contributed by atoms with Gasteiger partial charge < -0.3 is 24.8 Å². The highest BCUT2D eigenvalue weighted by Gasteiger charge is 2.37. The fourth-order valence-electron chi connectivity index (χ4n) is 9.81. The van der Waals surface area contributed by atoms with Gasteiger partial charge in [0.05, 0.1) is 23.8 Å². The number of carbonyl (C=O) groups is 2. The lowest BCUT2D eigenvalue weighted by atomic mass is 9.79. The summed E-state index contributed by atoms with van der Waals surface area (Å²) in [4.78, 5) is 44.3. The number of carbonyl (C=O) groups excluding carboxylic acids is 2. The number of amides is 1. The van der Waals surface area contributed by atoms with E-state index in [9.17, 15) is 40.7 Å². The van der Waals surface area contributed by atoms with Crippen molar-refractivity contribution in [1.29, 1.82) is 0 Å². The predicted octanol–water partition coefficient (Wildman–Crippen LogP) is 11.4. The Hall–Kier alpha value is -4.49. The second-order valence-electron chi connectivity index (χ2n) is 17.7. The summed E-state index contributed by atoms with van der Waals surface area (Å²) in [5.74, 6) is 0.671. The largest absolute Gasteiger partial charge is 0.465 e. The standard InChI is InChI=1S/C27H36F3N3O2.C20H28F3NO2/c1-7-33(21-9-15(2)8-16(3)10-21)24-13-20(27(28,29)30)12-22(19(24)6)25(34)31-14-23-17(4)11-18(5)32-26(23)35;1-6-24(16-8-12(2)7-13(3)9-16)18-11-15(20(21,22)23)10-17(14(18)4)19(25)26-5/h11-13,15-16,21H,7-10,14H2,1-6H3,(H,31,34)(H,32,35);10-13,16H,6-9H2,1-5H3/t15-,16+,21?;12-,13+,16?. The smallest absolute Gasteiger partial charge is 0.416 e. The summed E-state index contributed by atoms with van der Waals surface area (Å²) in [6.45, 7) is 20.6. The van der Waals surface area contributed by atoms with Crippen LogP contribution < -0.4 is 20.7 Å². The van der Waals surface area contributed by atoms with Crippen LogP contribution in [0.2, 0.25) is 0 Å². The third-order valence-electron chi connectivity index (χ3n) is 12.5. The number of aromatic amines is 1. The molecular weight excluding hydrogens is 799 g/mol. The summed E-state index contributed by atoms with van der Waals surface area (Å²) >= 11 is 0. The number of alkyl halides is 6. The van der Waals surface area contributed by atoms with Gasteiger partial charge in [0.15, 0.2) is 0 Å². The Morgan fingerprint density at radius 2 is 1.10 bits per heavy atom. The van der Waals surface area contributed by atoms with Crippen molar-refractivity contribution < 1.29 is 40.7 Å². The topological polar surface area (TPSA) is 94.7 Å². The van der Waals surface area contributed by atoms with E-state index in [0.717, 1.165) is 50.7 Å². The van der Waals surface area contributed by atoms with Crippen molar-refractivity contribution in [2.24, 2.45) is 23.7 Å². The van der Waals surface area contributed by atoms with Crippen molar-refractivity contribution in [3.05, 3.63) is 90.9 Å². The molecule has 0 spiro atoms. The monoisotopic (exact) mass is 862 g/mol. The molecule has 1 amide bonds. The van der Waals surface area contributed by atoms with Crippen LogP contribution >= 0.6 is 0 Å². The number of aryl methyl sites for hydroxylation is 2. The summed E-state index contributed by atoms with van der Waals surface area (Å²) in [6, 6.07) is 6.24. The molecule has 2 saturated carbocycles. The Morgan fingerprint density at radius 1 is 0.689 bits per heavy atom. The maximum absolute atomic E-state index is 13.9. The van der Waals surface area contributed by atoms with Gasteiger partial charge >= 0.3 is 18.3 Å². The Kier molecular flexibility index (Phi) is 16.2. The van der Waals surface area contributed by atoms with Gasteiger partial charge in [-0.15, -0.1) is 0 Å². The number of methoxy groups -OCH3 is 1. The van der Waals surface area contributed by atoms with Gasteiger partial charge in [0.25, 0.3) is 11.5 Å². The molecule has 0 saturated heterocycles. The summed E-state index contributed by atoms with van der Waals surface area (Å²) in [5, 5.41) is 2.67. The van der Waals surface area contributed by atoms with Crippen LogP contribution in [0.15, 0.2) is 35.1 Å². The Morgan fingerprint density at radius 3 is 1.48 bits per heavy atom. The van der Waals surface area contributed by atoms with Gasteiger partial charge in [-0.25, -0.2) is 4.79 Å². The molecular formula is C47H64F6N4O4. The number of nitrogens with zero attached hydrogens (tertiary/aromatic N) is 2. The molecule has 1 heterocycles. The summed E-state index contributed by atoms with van der Waals surface area (Å²) in [7, 11) is 1.18. The van der Waals surface area contributed by atoms with Crippen molar-refractivity contribution in [2.45, 2.75) is 139 Å². The number of ether oxygens (including phenoxy) is 1. The van der Waals surface area contributed by atoms with Gasteiger partial charge in [0.2, 0.25) is 0 Å². The van der Waals surface area contributed by atoms with E-state index in [-0.39, 0.29) is 35.3 Å². The molecule has 2 N–H and O–H groups in total. The molecule has 3 aromatic rings. The highest BCUT2D eigenvalue weighted by molar-refractivity contribution is 5.97. The summed E-state index contributed by atoms with van der Waals surface area (Å²) in [6.07, 6.45) is -3.14. The number of esters is 1. The van der Waals surface area contributed by atoms with Gasteiger partial charge in [0.1, 0.15) is 0 Å². The zero-order chi connectivity index (χ0) is 45.7. The maximum Gasteiger partial charge on any atom is 0.416 e. The molecule has 6 atom stereocenters.